The van der Waals surface area contributed by atoms with Crippen molar-refractivity contribution in [1.29, 1.82) is 0 Å². The Balaban J connectivity index is 2.53. The molecule has 0 spiro atoms. The summed E-state index contributed by atoms with van der Waals surface area (Å²) in [4.78, 5) is 11.9. The summed E-state index contributed by atoms with van der Waals surface area (Å²) in [6.07, 6.45) is 3.41. The number of carbonyl (C=O) groups excluding carboxylic acids is 1. The minimum absolute atomic E-state index is 0.0328. The van der Waals surface area contributed by atoms with E-state index >= 15 is 0 Å². The highest BCUT2D eigenvalue weighted by molar-refractivity contribution is 5.68. The smallest absolute Gasteiger partial charge is 0.407 e. The minimum Gasteiger partial charge on any atom is -0.444 e. The molecule has 3 N–H and O–H groups in total. The highest BCUT2D eigenvalue weighted by Crippen LogP contribution is 2.23. The molecule has 1 aromatic heterocycles. The van der Waals surface area contributed by atoms with Gasteiger partial charge in [0.2, 0.25) is 0 Å². The Morgan fingerprint density at radius 3 is 2.50 bits per heavy atom. The molecule has 0 unspecified atom stereocenters. The topological polar surface area (TPSA) is 79.0 Å². The van der Waals surface area contributed by atoms with E-state index in [1.807, 2.05) is 27.0 Å². The van der Waals surface area contributed by atoms with Gasteiger partial charge < -0.3 is 15.4 Å². The number of aromatic amines is 1. The van der Waals surface area contributed by atoms with Gasteiger partial charge in [0.05, 0.1) is 6.20 Å². The van der Waals surface area contributed by atoms with Crippen LogP contribution in [0, 0.1) is 0 Å². The molecule has 0 aliphatic carbocycles. The molecule has 0 radical (unpaired) electrons. The fourth-order valence-corrected chi connectivity index (χ4v) is 2.52. The first kappa shape index (κ1) is 20.5. The average molecular weight is 338 g/mol. The van der Waals surface area contributed by atoms with Crippen molar-refractivity contribution in [3.05, 3.63) is 17.5 Å². The second-order valence-electron chi connectivity index (χ2n) is 8.28. The van der Waals surface area contributed by atoms with Gasteiger partial charge in [-0.2, -0.15) is 5.10 Å². The van der Waals surface area contributed by atoms with Gasteiger partial charge in [-0.1, -0.05) is 34.1 Å². The normalized spacial score (nSPS) is 13.6. The van der Waals surface area contributed by atoms with Crippen LogP contribution in [0.15, 0.2) is 6.20 Å². The molecule has 6 heteroatoms. The molecule has 138 valence electrons. The first-order valence-electron chi connectivity index (χ1n) is 8.76. The lowest BCUT2D eigenvalue weighted by Gasteiger charge is -2.24. The number of hydrogen-bond donors (Lipinski definition) is 3. The van der Waals surface area contributed by atoms with Crippen LogP contribution in [0.5, 0.6) is 0 Å². The van der Waals surface area contributed by atoms with Crippen molar-refractivity contribution in [3.8, 4) is 0 Å². The van der Waals surface area contributed by atoms with Crippen molar-refractivity contribution < 1.29 is 9.53 Å². The Kier molecular flexibility index (Phi) is 7.27. The molecule has 0 saturated heterocycles. The number of ether oxygens (including phenoxy) is 1. The Labute approximate surface area is 146 Å². The molecule has 1 amide bonds. The fourth-order valence-electron chi connectivity index (χ4n) is 2.52. The predicted octanol–water partition coefficient (Wildman–Crippen LogP) is 3.49. The molecule has 6 nitrogen and oxygen atoms in total. The van der Waals surface area contributed by atoms with Crippen molar-refractivity contribution in [2.45, 2.75) is 84.9 Å². The molecule has 24 heavy (non-hydrogen) atoms. The number of nitrogens with zero attached hydrogens (tertiary/aromatic N) is 1. The van der Waals surface area contributed by atoms with Gasteiger partial charge in [-0.3, -0.25) is 5.10 Å². The largest absolute Gasteiger partial charge is 0.444 e. The lowest BCUT2D eigenvalue weighted by atomic mass is 9.89. The molecular formula is C18H34N4O2. The van der Waals surface area contributed by atoms with Gasteiger partial charge in [-0.25, -0.2) is 4.79 Å². The van der Waals surface area contributed by atoms with E-state index in [-0.39, 0.29) is 17.6 Å². The van der Waals surface area contributed by atoms with E-state index < -0.39 is 5.60 Å². The number of hydrogen-bond acceptors (Lipinski definition) is 4. The van der Waals surface area contributed by atoms with Crippen molar-refractivity contribution in [2.24, 2.45) is 0 Å². The molecular weight excluding hydrogens is 304 g/mol. The van der Waals surface area contributed by atoms with Crippen LogP contribution in [0.25, 0.3) is 0 Å². The van der Waals surface area contributed by atoms with Crippen LogP contribution < -0.4 is 10.6 Å². The summed E-state index contributed by atoms with van der Waals surface area (Å²) in [6, 6.07) is 0.0508. The van der Waals surface area contributed by atoms with E-state index in [9.17, 15) is 4.79 Å². The third kappa shape index (κ3) is 7.34. The summed E-state index contributed by atoms with van der Waals surface area (Å²) in [5, 5.41) is 13.6. The Bertz CT molecular complexity index is 512. The van der Waals surface area contributed by atoms with Crippen molar-refractivity contribution in [2.75, 3.05) is 6.54 Å². The van der Waals surface area contributed by atoms with Gasteiger partial charge in [0.15, 0.2) is 0 Å². The van der Waals surface area contributed by atoms with E-state index in [0.29, 0.717) is 6.54 Å². The van der Waals surface area contributed by atoms with Crippen LogP contribution >= 0.6 is 0 Å². The SMILES string of the molecule is CCC[C@H](CNCc1cn[nH]c1C(C)(C)C)NC(=O)OC(C)(C)C. The third-order valence-electron chi connectivity index (χ3n) is 3.53. The molecule has 0 bridgehead atoms. The number of carbonyl (C=O) groups is 1. The molecule has 1 aromatic rings. The molecule has 1 rings (SSSR count). The highest BCUT2D eigenvalue weighted by Gasteiger charge is 2.21. The van der Waals surface area contributed by atoms with Crippen molar-refractivity contribution in [1.82, 2.24) is 20.8 Å². The predicted molar refractivity (Wildman–Crippen MR) is 97.1 cm³/mol. The van der Waals surface area contributed by atoms with E-state index in [1.165, 1.54) is 0 Å². The summed E-state index contributed by atoms with van der Waals surface area (Å²) >= 11 is 0. The van der Waals surface area contributed by atoms with Crippen LogP contribution in [-0.4, -0.2) is 34.5 Å². The second-order valence-corrected chi connectivity index (χ2v) is 8.28. The Hall–Kier alpha value is -1.56. The molecule has 0 saturated carbocycles. The van der Waals surface area contributed by atoms with Crippen LogP contribution in [0.1, 0.15) is 72.6 Å². The number of alkyl carbamates (subject to hydrolysis) is 1. The number of rotatable bonds is 7. The lowest BCUT2D eigenvalue weighted by molar-refractivity contribution is 0.0501. The van der Waals surface area contributed by atoms with E-state index in [4.69, 9.17) is 4.74 Å². The summed E-state index contributed by atoms with van der Waals surface area (Å²) < 4.78 is 5.34. The second kappa shape index (κ2) is 8.51. The zero-order chi connectivity index (χ0) is 18.4. The fraction of sp³-hybridized carbons (Fsp3) is 0.778. The standard InChI is InChI=1S/C18H34N4O2/c1-8-9-14(21-16(23)24-18(5,6)7)12-19-10-13-11-20-22-15(13)17(2,3)4/h11,14,19H,8-10,12H2,1-7H3,(H,20,22)(H,21,23)/t14-/m1/s1. The number of aromatic nitrogens is 2. The average Bonchev–Trinajstić information content (AvgIpc) is 2.84. The van der Waals surface area contributed by atoms with Crippen LogP contribution in [0.4, 0.5) is 4.79 Å². The zero-order valence-electron chi connectivity index (χ0n) is 16.2. The zero-order valence-corrected chi connectivity index (χ0v) is 16.2. The maximum Gasteiger partial charge on any atom is 0.407 e. The quantitative estimate of drug-likeness (QED) is 0.711. The Morgan fingerprint density at radius 2 is 1.96 bits per heavy atom. The van der Waals surface area contributed by atoms with Crippen LogP contribution in [0.2, 0.25) is 0 Å². The van der Waals surface area contributed by atoms with Crippen LogP contribution in [-0.2, 0) is 16.7 Å². The molecule has 0 aliphatic heterocycles. The summed E-state index contributed by atoms with van der Waals surface area (Å²) in [5.41, 5.74) is 1.86. The third-order valence-corrected chi connectivity index (χ3v) is 3.53. The number of nitrogens with one attached hydrogen (secondary N) is 3. The van der Waals surface area contributed by atoms with Gasteiger partial charge in [-0.15, -0.1) is 0 Å². The minimum atomic E-state index is -0.479. The summed E-state index contributed by atoms with van der Waals surface area (Å²) in [6.45, 7) is 15.6. The van der Waals surface area contributed by atoms with E-state index in [0.717, 1.165) is 30.6 Å². The molecule has 1 atom stereocenters. The van der Waals surface area contributed by atoms with E-state index in [2.05, 4.69) is 48.5 Å². The molecule has 0 aliphatic rings. The van der Waals surface area contributed by atoms with Gasteiger partial charge in [0.25, 0.3) is 0 Å². The number of amides is 1. The lowest BCUT2D eigenvalue weighted by Crippen LogP contribution is -2.44. The molecule has 1 heterocycles. The maximum absolute atomic E-state index is 11.9. The molecule has 0 fully saturated rings. The van der Waals surface area contributed by atoms with Gasteiger partial charge in [-0.05, 0) is 27.2 Å². The summed E-state index contributed by atoms with van der Waals surface area (Å²) in [5.74, 6) is 0. The number of H-pyrrole nitrogens is 1. The summed E-state index contributed by atoms with van der Waals surface area (Å²) in [7, 11) is 0. The van der Waals surface area contributed by atoms with Gasteiger partial charge in [0.1, 0.15) is 5.60 Å². The monoisotopic (exact) mass is 338 g/mol. The van der Waals surface area contributed by atoms with Crippen molar-refractivity contribution in [3.63, 3.8) is 0 Å². The first-order chi connectivity index (χ1) is 11.0. The van der Waals surface area contributed by atoms with Gasteiger partial charge in [0, 0.05) is 35.8 Å². The van der Waals surface area contributed by atoms with Crippen LogP contribution in [0.3, 0.4) is 0 Å². The highest BCUT2D eigenvalue weighted by atomic mass is 16.6. The first-order valence-corrected chi connectivity index (χ1v) is 8.76. The maximum atomic E-state index is 11.9. The molecule has 0 aromatic carbocycles. The van der Waals surface area contributed by atoms with Crippen molar-refractivity contribution >= 4 is 6.09 Å². The van der Waals surface area contributed by atoms with E-state index in [1.54, 1.807) is 0 Å². The van der Waals surface area contributed by atoms with Gasteiger partial charge >= 0.3 is 6.09 Å². The Morgan fingerprint density at radius 1 is 1.29 bits per heavy atom.